The highest BCUT2D eigenvalue weighted by molar-refractivity contribution is 6.21. The highest BCUT2D eigenvalue weighted by Gasteiger charge is 2.15. The summed E-state index contributed by atoms with van der Waals surface area (Å²) in [7, 11) is 3.28. The molecule has 0 bridgehead atoms. The summed E-state index contributed by atoms with van der Waals surface area (Å²) >= 11 is 6.65. The second-order valence-electron chi connectivity index (χ2n) is 5.17. The molecule has 112 valence electrons. The Morgan fingerprint density at radius 2 is 1.57 bits per heavy atom. The Hall–Kier alpha value is -1.67. The predicted octanol–water partition coefficient (Wildman–Crippen LogP) is 4.84. The predicted molar refractivity (Wildman–Crippen MR) is 87.8 cm³/mol. The van der Waals surface area contributed by atoms with Crippen LogP contribution in [0.4, 0.5) is 0 Å². The molecule has 1 atom stereocenters. The monoisotopic (exact) mass is 304 g/mol. The van der Waals surface area contributed by atoms with Crippen LogP contribution in [0, 0.1) is 13.8 Å². The lowest BCUT2D eigenvalue weighted by Gasteiger charge is -2.17. The first kappa shape index (κ1) is 15.7. The Labute approximate surface area is 131 Å². The SMILES string of the molecule is COc1ccc(CC(Cl)c2c(C)cccc2C)cc1OC. The van der Waals surface area contributed by atoms with Gasteiger partial charge in [0.05, 0.1) is 19.6 Å². The van der Waals surface area contributed by atoms with Gasteiger partial charge in [0.25, 0.3) is 0 Å². The van der Waals surface area contributed by atoms with E-state index in [4.69, 9.17) is 21.1 Å². The van der Waals surface area contributed by atoms with Crippen molar-refractivity contribution in [3.8, 4) is 11.5 Å². The summed E-state index contributed by atoms with van der Waals surface area (Å²) in [6, 6.07) is 12.2. The zero-order valence-corrected chi connectivity index (χ0v) is 13.7. The summed E-state index contributed by atoms with van der Waals surface area (Å²) in [5.41, 5.74) is 4.82. The van der Waals surface area contributed by atoms with Gasteiger partial charge >= 0.3 is 0 Å². The molecule has 1 unspecified atom stereocenters. The molecule has 0 saturated heterocycles. The van der Waals surface area contributed by atoms with Crippen molar-refractivity contribution in [2.45, 2.75) is 25.6 Å². The molecule has 0 amide bonds. The minimum Gasteiger partial charge on any atom is -0.493 e. The number of halogens is 1. The molecule has 0 N–H and O–H groups in total. The van der Waals surface area contributed by atoms with Gasteiger partial charge in [0.15, 0.2) is 11.5 Å². The molecular weight excluding hydrogens is 284 g/mol. The summed E-state index contributed by atoms with van der Waals surface area (Å²) < 4.78 is 10.6. The van der Waals surface area contributed by atoms with Crippen LogP contribution in [0.15, 0.2) is 36.4 Å². The minimum absolute atomic E-state index is 0.0516. The molecule has 0 saturated carbocycles. The number of benzene rings is 2. The average Bonchev–Trinajstić information content (AvgIpc) is 2.46. The lowest BCUT2D eigenvalue weighted by Crippen LogP contribution is -2.02. The van der Waals surface area contributed by atoms with Gasteiger partial charge in [-0.05, 0) is 54.7 Å². The third kappa shape index (κ3) is 3.51. The van der Waals surface area contributed by atoms with Gasteiger partial charge in [-0.15, -0.1) is 11.6 Å². The minimum atomic E-state index is -0.0516. The maximum Gasteiger partial charge on any atom is 0.160 e. The van der Waals surface area contributed by atoms with Crippen molar-refractivity contribution in [2.24, 2.45) is 0 Å². The number of ether oxygens (including phenoxy) is 2. The lowest BCUT2D eigenvalue weighted by molar-refractivity contribution is 0.354. The molecular formula is C18H21ClO2. The molecule has 2 rings (SSSR count). The van der Waals surface area contributed by atoms with Crippen LogP contribution in [0.5, 0.6) is 11.5 Å². The first-order valence-corrected chi connectivity index (χ1v) is 7.41. The third-order valence-corrected chi connectivity index (χ3v) is 4.09. The van der Waals surface area contributed by atoms with Crippen LogP contribution in [-0.2, 0) is 6.42 Å². The molecule has 0 heterocycles. The summed E-state index contributed by atoms with van der Waals surface area (Å²) in [6.07, 6.45) is 0.758. The Morgan fingerprint density at radius 3 is 2.14 bits per heavy atom. The smallest absolute Gasteiger partial charge is 0.160 e. The fourth-order valence-corrected chi connectivity index (χ4v) is 3.16. The van der Waals surface area contributed by atoms with Crippen molar-refractivity contribution in [1.82, 2.24) is 0 Å². The fraction of sp³-hybridized carbons (Fsp3) is 0.333. The van der Waals surface area contributed by atoms with Crippen LogP contribution in [0.3, 0.4) is 0 Å². The molecule has 2 nitrogen and oxygen atoms in total. The van der Waals surface area contributed by atoms with Gasteiger partial charge in [-0.1, -0.05) is 24.3 Å². The summed E-state index contributed by atoms with van der Waals surface area (Å²) in [4.78, 5) is 0. The highest BCUT2D eigenvalue weighted by atomic mass is 35.5. The maximum absolute atomic E-state index is 6.65. The highest BCUT2D eigenvalue weighted by Crippen LogP contribution is 2.33. The van der Waals surface area contributed by atoms with Crippen molar-refractivity contribution in [2.75, 3.05) is 14.2 Å². The number of methoxy groups -OCH3 is 2. The van der Waals surface area contributed by atoms with Crippen molar-refractivity contribution in [3.63, 3.8) is 0 Å². The van der Waals surface area contributed by atoms with Crippen molar-refractivity contribution >= 4 is 11.6 Å². The largest absolute Gasteiger partial charge is 0.493 e. The molecule has 0 aliphatic carbocycles. The van der Waals surface area contributed by atoms with Crippen molar-refractivity contribution in [1.29, 1.82) is 0 Å². The van der Waals surface area contributed by atoms with Crippen molar-refractivity contribution < 1.29 is 9.47 Å². The second-order valence-corrected chi connectivity index (χ2v) is 5.69. The normalized spacial score (nSPS) is 12.0. The Balaban J connectivity index is 2.25. The van der Waals surface area contributed by atoms with E-state index in [0.29, 0.717) is 0 Å². The van der Waals surface area contributed by atoms with Gasteiger partial charge in [0, 0.05) is 0 Å². The number of alkyl halides is 1. The van der Waals surface area contributed by atoms with Gasteiger partial charge < -0.3 is 9.47 Å². The molecule has 2 aromatic rings. The number of hydrogen-bond acceptors (Lipinski definition) is 2. The first-order valence-electron chi connectivity index (χ1n) is 6.98. The molecule has 21 heavy (non-hydrogen) atoms. The number of rotatable bonds is 5. The fourth-order valence-electron chi connectivity index (χ4n) is 2.64. The topological polar surface area (TPSA) is 18.5 Å². The van der Waals surface area contributed by atoms with E-state index in [2.05, 4.69) is 32.0 Å². The Bertz CT molecular complexity index is 602. The zero-order valence-electron chi connectivity index (χ0n) is 12.9. The van der Waals surface area contributed by atoms with E-state index >= 15 is 0 Å². The van der Waals surface area contributed by atoms with Crippen molar-refractivity contribution in [3.05, 3.63) is 58.7 Å². The zero-order chi connectivity index (χ0) is 15.4. The van der Waals surface area contributed by atoms with Gasteiger partial charge in [0.1, 0.15) is 0 Å². The van der Waals surface area contributed by atoms with Crippen LogP contribution < -0.4 is 9.47 Å². The molecule has 0 aromatic heterocycles. The van der Waals surface area contributed by atoms with E-state index in [1.54, 1.807) is 14.2 Å². The molecule has 3 heteroatoms. The molecule has 0 aliphatic rings. The quantitative estimate of drug-likeness (QED) is 0.736. The molecule has 2 aromatic carbocycles. The molecule has 0 spiro atoms. The second kappa shape index (κ2) is 6.86. The standard InChI is InChI=1S/C18H21ClO2/c1-12-6-5-7-13(2)18(12)15(19)10-14-8-9-16(20-3)17(11-14)21-4/h5-9,11,15H,10H2,1-4H3. The third-order valence-electron chi connectivity index (χ3n) is 3.72. The summed E-state index contributed by atoms with van der Waals surface area (Å²) in [6.45, 7) is 4.21. The van der Waals surface area contributed by atoms with E-state index in [0.717, 1.165) is 23.5 Å². The van der Waals surface area contributed by atoms with Crippen LogP contribution in [-0.4, -0.2) is 14.2 Å². The molecule has 0 aliphatic heterocycles. The van der Waals surface area contributed by atoms with Gasteiger partial charge in [-0.25, -0.2) is 0 Å². The number of hydrogen-bond donors (Lipinski definition) is 0. The van der Waals surface area contributed by atoms with E-state index in [-0.39, 0.29) is 5.38 Å². The van der Waals surface area contributed by atoms with E-state index < -0.39 is 0 Å². The van der Waals surface area contributed by atoms with Gasteiger partial charge in [-0.2, -0.15) is 0 Å². The van der Waals surface area contributed by atoms with E-state index in [1.165, 1.54) is 16.7 Å². The molecule has 0 fully saturated rings. The lowest BCUT2D eigenvalue weighted by atomic mass is 9.96. The first-order chi connectivity index (χ1) is 10.1. The van der Waals surface area contributed by atoms with Crippen LogP contribution in [0.25, 0.3) is 0 Å². The summed E-state index contributed by atoms with van der Waals surface area (Å²) in [5, 5.41) is -0.0516. The Kier molecular flexibility index (Phi) is 5.13. The van der Waals surface area contributed by atoms with Crippen LogP contribution in [0.1, 0.15) is 27.6 Å². The van der Waals surface area contributed by atoms with Gasteiger partial charge in [0.2, 0.25) is 0 Å². The molecule has 0 radical (unpaired) electrons. The van der Waals surface area contributed by atoms with Crippen LogP contribution >= 0.6 is 11.6 Å². The Morgan fingerprint density at radius 1 is 0.952 bits per heavy atom. The maximum atomic E-state index is 6.65. The van der Waals surface area contributed by atoms with E-state index in [1.807, 2.05) is 18.2 Å². The number of aryl methyl sites for hydroxylation is 2. The van der Waals surface area contributed by atoms with Crippen LogP contribution in [0.2, 0.25) is 0 Å². The summed E-state index contributed by atoms with van der Waals surface area (Å²) in [5.74, 6) is 1.47. The van der Waals surface area contributed by atoms with E-state index in [9.17, 15) is 0 Å². The van der Waals surface area contributed by atoms with Gasteiger partial charge in [-0.3, -0.25) is 0 Å². The average molecular weight is 305 g/mol.